The summed E-state index contributed by atoms with van der Waals surface area (Å²) < 4.78 is 36.2. The Kier molecular flexibility index (Phi) is 5.12. The summed E-state index contributed by atoms with van der Waals surface area (Å²) in [6.07, 6.45) is 0. The van der Waals surface area contributed by atoms with Crippen molar-refractivity contribution in [3.05, 3.63) is 40.8 Å². The Morgan fingerprint density at radius 3 is 2.48 bits per heavy atom. The maximum absolute atomic E-state index is 12.2. The van der Waals surface area contributed by atoms with E-state index in [-0.39, 0.29) is 16.3 Å². The average Bonchev–Trinajstić information content (AvgIpc) is 2.93. The van der Waals surface area contributed by atoms with Gasteiger partial charge in [0.05, 0.1) is 17.7 Å². The van der Waals surface area contributed by atoms with Crippen molar-refractivity contribution in [2.75, 3.05) is 26.5 Å². The standard InChI is InChI=1S/C14H15BrN2O5S/c1-17(2)23(19,20)9-4-5-11(21-3)10(8-9)16-14(18)12-6-7-13(15)22-12/h4-8H,1-3H3,(H,16,18). The van der Waals surface area contributed by atoms with Crippen LogP contribution in [-0.4, -0.2) is 39.8 Å². The van der Waals surface area contributed by atoms with E-state index in [9.17, 15) is 13.2 Å². The van der Waals surface area contributed by atoms with Crippen molar-refractivity contribution in [1.29, 1.82) is 0 Å². The van der Waals surface area contributed by atoms with Crippen LogP contribution >= 0.6 is 15.9 Å². The first-order valence-electron chi connectivity index (χ1n) is 6.43. The number of nitrogens with one attached hydrogen (secondary N) is 1. The van der Waals surface area contributed by atoms with E-state index < -0.39 is 15.9 Å². The van der Waals surface area contributed by atoms with Crippen LogP contribution in [0.1, 0.15) is 10.6 Å². The topological polar surface area (TPSA) is 88.9 Å². The predicted molar refractivity (Wildman–Crippen MR) is 88.2 cm³/mol. The van der Waals surface area contributed by atoms with Crippen LogP contribution in [0.2, 0.25) is 0 Å². The maximum atomic E-state index is 12.2. The number of benzene rings is 1. The van der Waals surface area contributed by atoms with Crippen molar-refractivity contribution < 1.29 is 22.4 Å². The third-order valence-electron chi connectivity index (χ3n) is 2.99. The van der Waals surface area contributed by atoms with Crippen LogP contribution in [0.5, 0.6) is 5.75 Å². The van der Waals surface area contributed by atoms with Crippen molar-refractivity contribution in [1.82, 2.24) is 4.31 Å². The van der Waals surface area contributed by atoms with Crippen LogP contribution < -0.4 is 10.1 Å². The SMILES string of the molecule is COc1ccc(S(=O)(=O)N(C)C)cc1NC(=O)c1ccc(Br)o1. The Hall–Kier alpha value is -1.84. The summed E-state index contributed by atoms with van der Waals surface area (Å²) >= 11 is 3.11. The fourth-order valence-corrected chi connectivity index (χ4v) is 3.01. The summed E-state index contributed by atoms with van der Waals surface area (Å²) in [6.45, 7) is 0. The van der Waals surface area contributed by atoms with Crippen molar-refractivity contribution >= 4 is 37.5 Å². The quantitative estimate of drug-likeness (QED) is 0.829. The molecular weight excluding hydrogens is 388 g/mol. The Morgan fingerprint density at radius 2 is 1.96 bits per heavy atom. The molecule has 0 atom stereocenters. The summed E-state index contributed by atoms with van der Waals surface area (Å²) in [4.78, 5) is 12.2. The molecule has 0 aliphatic carbocycles. The molecule has 23 heavy (non-hydrogen) atoms. The number of carbonyl (C=O) groups is 1. The number of carbonyl (C=O) groups excluding carboxylic acids is 1. The lowest BCUT2D eigenvalue weighted by Gasteiger charge is -2.14. The van der Waals surface area contributed by atoms with Crippen molar-refractivity contribution in [2.24, 2.45) is 0 Å². The fourth-order valence-electron chi connectivity index (χ4n) is 1.78. The normalized spacial score (nSPS) is 11.5. The van der Waals surface area contributed by atoms with Gasteiger partial charge in [0.25, 0.3) is 5.91 Å². The molecule has 2 rings (SSSR count). The lowest BCUT2D eigenvalue weighted by Crippen LogP contribution is -2.22. The second-order valence-corrected chi connectivity index (χ2v) is 7.64. The Morgan fingerprint density at radius 1 is 1.26 bits per heavy atom. The number of rotatable bonds is 5. The zero-order valence-corrected chi connectivity index (χ0v) is 15.1. The first-order valence-corrected chi connectivity index (χ1v) is 8.66. The molecule has 0 saturated heterocycles. The van der Waals surface area contributed by atoms with Crippen molar-refractivity contribution in [2.45, 2.75) is 4.90 Å². The third-order valence-corrected chi connectivity index (χ3v) is 5.23. The smallest absolute Gasteiger partial charge is 0.291 e. The molecule has 1 aromatic heterocycles. The third kappa shape index (κ3) is 3.74. The number of sulfonamides is 1. The number of methoxy groups -OCH3 is 1. The Balaban J connectivity index is 2.38. The molecule has 1 N–H and O–H groups in total. The number of nitrogens with zero attached hydrogens (tertiary/aromatic N) is 1. The van der Waals surface area contributed by atoms with Gasteiger partial charge in [0.2, 0.25) is 10.0 Å². The highest BCUT2D eigenvalue weighted by Crippen LogP contribution is 2.29. The van der Waals surface area contributed by atoms with Gasteiger partial charge in [-0.15, -0.1) is 0 Å². The van der Waals surface area contributed by atoms with Gasteiger partial charge in [0.1, 0.15) is 5.75 Å². The van der Waals surface area contributed by atoms with Crippen molar-refractivity contribution in [3.8, 4) is 5.75 Å². The molecule has 0 aliphatic rings. The minimum atomic E-state index is -3.63. The second kappa shape index (κ2) is 6.73. The molecule has 1 amide bonds. The molecular formula is C14H15BrN2O5S. The molecule has 0 unspecified atom stereocenters. The lowest BCUT2D eigenvalue weighted by atomic mass is 10.3. The van der Waals surface area contributed by atoms with E-state index in [4.69, 9.17) is 9.15 Å². The minimum absolute atomic E-state index is 0.0409. The molecule has 0 aliphatic heterocycles. The number of ether oxygens (including phenoxy) is 1. The zero-order chi connectivity index (χ0) is 17.2. The number of furan rings is 1. The van der Waals surface area contributed by atoms with Gasteiger partial charge in [-0.2, -0.15) is 0 Å². The van der Waals surface area contributed by atoms with Gasteiger partial charge in [0.15, 0.2) is 10.4 Å². The molecule has 0 spiro atoms. The highest BCUT2D eigenvalue weighted by molar-refractivity contribution is 9.10. The van der Waals surface area contributed by atoms with Crippen LogP contribution in [0.3, 0.4) is 0 Å². The maximum Gasteiger partial charge on any atom is 0.291 e. The van der Waals surface area contributed by atoms with Gasteiger partial charge in [-0.05, 0) is 46.3 Å². The van der Waals surface area contributed by atoms with Crippen LogP contribution in [0, 0.1) is 0 Å². The summed E-state index contributed by atoms with van der Waals surface area (Å²) in [5, 5.41) is 2.58. The molecule has 0 radical (unpaired) electrons. The van der Waals surface area contributed by atoms with Crippen molar-refractivity contribution in [3.63, 3.8) is 0 Å². The van der Waals surface area contributed by atoms with E-state index in [0.717, 1.165) is 4.31 Å². The number of anilines is 1. The van der Waals surface area contributed by atoms with E-state index in [1.165, 1.54) is 45.5 Å². The van der Waals surface area contributed by atoms with Gasteiger partial charge in [-0.3, -0.25) is 4.79 Å². The fraction of sp³-hybridized carbons (Fsp3) is 0.214. The largest absolute Gasteiger partial charge is 0.495 e. The van der Waals surface area contributed by atoms with Gasteiger partial charge < -0.3 is 14.5 Å². The molecule has 1 aromatic carbocycles. The minimum Gasteiger partial charge on any atom is -0.495 e. The Labute approximate surface area is 142 Å². The summed E-state index contributed by atoms with van der Waals surface area (Å²) in [5.41, 5.74) is 0.230. The molecule has 2 aromatic rings. The molecule has 124 valence electrons. The monoisotopic (exact) mass is 402 g/mol. The van der Waals surface area contributed by atoms with Crippen LogP contribution in [0.25, 0.3) is 0 Å². The van der Waals surface area contributed by atoms with E-state index >= 15 is 0 Å². The number of halogens is 1. The predicted octanol–water partition coefficient (Wildman–Crippen LogP) is 2.55. The van der Waals surface area contributed by atoms with Crippen LogP contribution in [-0.2, 0) is 10.0 Å². The highest BCUT2D eigenvalue weighted by Gasteiger charge is 2.20. The first-order chi connectivity index (χ1) is 10.8. The van der Waals surface area contributed by atoms with Crippen LogP contribution in [0.4, 0.5) is 5.69 Å². The van der Waals surface area contributed by atoms with Gasteiger partial charge in [-0.1, -0.05) is 0 Å². The van der Waals surface area contributed by atoms with Gasteiger partial charge >= 0.3 is 0 Å². The second-order valence-electron chi connectivity index (χ2n) is 4.71. The molecule has 7 nitrogen and oxygen atoms in total. The molecule has 9 heteroatoms. The van der Waals surface area contributed by atoms with E-state index in [0.29, 0.717) is 10.4 Å². The van der Waals surface area contributed by atoms with E-state index in [2.05, 4.69) is 21.2 Å². The lowest BCUT2D eigenvalue weighted by molar-refractivity contribution is 0.0995. The average molecular weight is 403 g/mol. The van der Waals surface area contributed by atoms with Gasteiger partial charge in [0, 0.05) is 14.1 Å². The van der Waals surface area contributed by atoms with Crippen LogP contribution in [0.15, 0.2) is 44.3 Å². The molecule has 1 heterocycles. The Bertz CT molecular complexity index is 829. The summed E-state index contributed by atoms with van der Waals surface area (Å²) in [6, 6.07) is 7.30. The highest BCUT2D eigenvalue weighted by atomic mass is 79.9. The van der Waals surface area contributed by atoms with E-state index in [1.807, 2.05) is 0 Å². The number of amides is 1. The summed E-state index contributed by atoms with van der Waals surface area (Å²) in [7, 11) is 0.658. The number of hydrogen-bond acceptors (Lipinski definition) is 5. The number of hydrogen-bond donors (Lipinski definition) is 1. The summed E-state index contributed by atoms with van der Waals surface area (Å²) in [5.74, 6) is -0.102. The first kappa shape index (κ1) is 17.5. The zero-order valence-electron chi connectivity index (χ0n) is 12.7. The molecule has 0 bridgehead atoms. The van der Waals surface area contributed by atoms with Gasteiger partial charge in [-0.25, -0.2) is 12.7 Å². The molecule has 0 saturated carbocycles. The van der Waals surface area contributed by atoms with E-state index in [1.54, 1.807) is 6.07 Å². The molecule has 0 fully saturated rings.